The second-order valence-electron chi connectivity index (χ2n) is 8.38. The maximum atomic E-state index is 13.2. The molecular formula is C22H25N5O4. The first kappa shape index (κ1) is 19.8. The Bertz CT molecular complexity index is 1150. The van der Waals surface area contributed by atoms with Gasteiger partial charge < -0.3 is 24.8 Å². The van der Waals surface area contributed by atoms with E-state index in [1.807, 2.05) is 32.2 Å². The van der Waals surface area contributed by atoms with E-state index in [2.05, 4.69) is 20.3 Å². The molecule has 1 fully saturated rings. The number of rotatable bonds is 4. The van der Waals surface area contributed by atoms with Crippen molar-refractivity contribution >= 4 is 22.9 Å². The first-order valence-corrected chi connectivity index (χ1v) is 10.4. The van der Waals surface area contributed by atoms with Crippen LogP contribution in [-0.2, 0) is 11.2 Å². The van der Waals surface area contributed by atoms with Crippen LogP contribution in [0.4, 0.5) is 11.4 Å². The summed E-state index contributed by atoms with van der Waals surface area (Å²) in [4.78, 5) is 19.7. The number of fused-ring (bicyclic) bond motifs is 2. The van der Waals surface area contributed by atoms with E-state index in [0.717, 1.165) is 35.7 Å². The maximum Gasteiger partial charge on any atom is 0.261 e. The summed E-state index contributed by atoms with van der Waals surface area (Å²) in [5, 5.41) is 17.1. The Morgan fingerprint density at radius 1 is 1.29 bits per heavy atom. The number of carbonyl (C=O) groups is 1. The number of carbonyl (C=O) groups excluding carboxylic acids is 1. The molecule has 2 aromatic heterocycles. The van der Waals surface area contributed by atoms with Gasteiger partial charge in [-0.25, -0.2) is 9.50 Å². The average Bonchev–Trinajstić information content (AvgIpc) is 3.33. The highest BCUT2D eigenvalue weighted by atomic mass is 16.5. The molecule has 1 amide bonds. The largest absolute Gasteiger partial charge is 0.484 e. The number of nitrogens with one attached hydrogen (secondary N) is 1. The van der Waals surface area contributed by atoms with Crippen LogP contribution < -0.4 is 15.0 Å². The van der Waals surface area contributed by atoms with E-state index in [1.165, 1.54) is 6.20 Å². The van der Waals surface area contributed by atoms with Gasteiger partial charge in [-0.05, 0) is 25.5 Å². The second kappa shape index (κ2) is 7.51. The zero-order valence-electron chi connectivity index (χ0n) is 17.6. The molecule has 5 rings (SSSR count). The molecule has 2 N–H and O–H groups in total. The lowest BCUT2D eigenvalue weighted by atomic mass is 9.99. The zero-order valence-corrected chi connectivity index (χ0v) is 17.6. The Hall–Kier alpha value is -3.17. The predicted octanol–water partition coefficient (Wildman–Crippen LogP) is 1.81. The number of anilines is 2. The molecule has 9 nitrogen and oxygen atoms in total. The molecule has 0 spiro atoms. The fraction of sp³-hybridized carbons (Fsp3) is 0.409. The zero-order chi connectivity index (χ0) is 21.6. The molecule has 4 heterocycles. The van der Waals surface area contributed by atoms with Gasteiger partial charge in [0.05, 0.1) is 37.4 Å². The predicted molar refractivity (Wildman–Crippen MR) is 115 cm³/mol. The number of amides is 1. The van der Waals surface area contributed by atoms with Crippen LogP contribution in [0.5, 0.6) is 5.75 Å². The molecule has 162 valence electrons. The number of aliphatic hydroxyl groups excluding tert-OH is 1. The smallest absolute Gasteiger partial charge is 0.261 e. The Labute approximate surface area is 179 Å². The molecule has 3 aromatic rings. The summed E-state index contributed by atoms with van der Waals surface area (Å²) in [6.45, 7) is 6.41. The van der Waals surface area contributed by atoms with Gasteiger partial charge in [-0.15, -0.1) is 0 Å². The third-order valence-electron chi connectivity index (χ3n) is 5.76. The van der Waals surface area contributed by atoms with Crippen molar-refractivity contribution in [2.45, 2.75) is 25.9 Å². The van der Waals surface area contributed by atoms with Crippen LogP contribution in [-0.4, -0.2) is 64.1 Å². The van der Waals surface area contributed by atoms with Crippen molar-refractivity contribution in [2.75, 3.05) is 43.1 Å². The van der Waals surface area contributed by atoms with E-state index in [1.54, 1.807) is 10.7 Å². The molecule has 2 aliphatic rings. The third kappa shape index (κ3) is 3.60. The minimum Gasteiger partial charge on any atom is -0.484 e. The molecule has 1 atom stereocenters. The van der Waals surface area contributed by atoms with E-state index in [0.29, 0.717) is 36.5 Å². The number of benzene rings is 1. The lowest BCUT2D eigenvalue weighted by molar-refractivity contribution is 0.0446. The molecule has 0 bridgehead atoms. The number of aromatic nitrogens is 3. The topological polar surface area (TPSA) is 101 Å². The lowest BCUT2D eigenvalue weighted by Gasteiger charge is -2.31. The van der Waals surface area contributed by atoms with Gasteiger partial charge in [0.1, 0.15) is 16.9 Å². The van der Waals surface area contributed by atoms with Crippen molar-refractivity contribution in [3.63, 3.8) is 0 Å². The van der Waals surface area contributed by atoms with Gasteiger partial charge in [-0.2, -0.15) is 5.10 Å². The molecule has 1 saturated heterocycles. The number of hydrogen-bond donors (Lipinski definition) is 2. The van der Waals surface area contributed by atoms with Crippen LogP contribution in [0.3, 0.4) is 0 Å². The van der Waals surface area contributed by atoms with Gasteiger partial charge in [0.15, 0.2) is 5.65 Å². The van der Waals surface area contributed by atoms with E-state index in [-0.39, 0.29) is 12.5 Å². The van der Waals surface area contributed by atoms with Gasteiger partial charge in [0, 0.05) is 43.5 Å². The van der Waals surface area contributed by atoms with E-state index in [4.69, 9.17) is 9.47 Å². The standard InChI is InChI=1S/C22H25N5O4/c1-14-10-23-20-16(11-24-27(20)12-14)21(29)25-17-7-15-9-22(2,13-28)31-19(15)8-18(17)26-3-5-30-6-4-26/h7-8,10-12,28H,3-6,9,13H2,1-2H3,(H,25,29)/t22-/m1/s1. The summed E-state index contributed by atoms with van der Waals surface area (Å²) in [5.41, 5.74) is 3.75. The van der Waals surface area contributed by atoms with Crippen LogP contribution in [0, 0.1) is 6.92 Å². The average molecular weight is 423 g/mol. The molecule has 2 aliphatic heterocycles. The van der Waals surface area contributed by atoms with Gasteiger partial charge >= 0.3 is 0 Å². The Morgan fingerprint density at radius 3 is 2.87 bits per heavy atom. The third-order valence-corrected chi connectivity index (χ3v) is 5.76. The van der Waals surface area contributed by atoms with E-state index in [9.17, 15) is 9.90 Å². The van der Waals surface area contributed by atoms with Crippen LogP contribution in [0.25, 0.3) is 5.65 Å². The maximum absolute atomic E-state index is 13.2. The molecular weight excluding hydrogens is 398 g/mol. The van der Waals surface area contributed by atoms with Crippen LogP contribution in [0.1, 0.15) is 28.4 Å². The molecule has 0 radical (unpaired) electrons. The number of morpholine rings is 1. The normalized spacial score (nSPS) is 20.5. The summed E-state index contributed by atoms with van der Waals surface area (Å²) >= 11 is 0. The summed E-state index contributed by atoms with van der Waals surface area (Å²) in [6.07, 6.45) is 5.66. The van der Waals surface area contributed by atoms with Gasteiger partial charge in [-0.3, -0.25) is 4.79 Å². The number of ether oxygens (including phenoxy) is 2. The highest BCUT2D eigenvalue weighted by Crippen LogP contribution is 2.42. The van der Waals surface area contributed by atoms with Gasteiger partial charge in [0.25, 0.3) is 5.91 Å². The minimum atomic E-state index is -0.655. The van der Waals surface area contributed by atoms with E-state index >= 15 is 0 Å². The van der Waals surface area contributed by atoms with Crippen LogP contribution >= 0.6 is 0 Å². The van der Waals surface area contributed by atoms with Crippen molar-refractivity contribution in [3.8, 4) is 5.75 Å². The molecule has 0 aliphatic carbocycles. The SMILES string of the molecule is Cc1cnc2c(C(=O)Nc3cc4c(cc3N3CCOCC3)O[C@@](C)(CO)C4)cnn2c1. The Balaban J connectivity index is 1.51. The summed E-state index contributed by atoms with van der Waals surface area (Å²) < 4.78 is 13.1. The lowest BCUT2D eigenvalue weighted by Crippen LogP contribution is -2.36. The molecule has 9 heteroatoms. The first-order valence-electron chi connectivity index (χ1n) is 10.4. The monoisotopic (exact) mass is 423 g/mol. The number of hydrogen-bond acceptors (Lipinski definition) is 7. The fourth-order valence-electron chi connectivity index (χ4n) is 4.12. The van der Waals surface area contributed by atoms with Crippen molar-refractivity contribution < 1.29 is 19.4 Å². The first-order chi connectivity index (χ1) is 15.0. The highest BCUT2D eigenvalue weighted by molar-refractivity contribution is 6.09. The molecule has 0 unspecified atom stereocenters. The Kier molecular flexibility index (Phi) is 4.79. The van der Waals surface area contributed by atoms with Crippen molar-refractivity contribution in [2.24, 2.45) is 0 Å². The fourth-order valence-corrected chi connectivity index (χ4v) is 4.12. The number of aliphatic hydroxyl groups is 1. The highest BCUT2D eigenvalue weighted by Gasteiger charge is 2.35. The Morgan fingerprint density at radius 2 is 2.10 bits per heavy atom. The van der Waals surface area contributed by atoms with Crippen molar-refractivity contribution in [3.05, 3.63) is 47.4 Å². The molecule has 1 aromatic carbocycles. The van der Waals surface area contributed by atoms with Gasteiger partial charge in [0.2, 0.25) is 0 Å². The second-order valence-corrected chi connectivity index (χ2v) is 8.38. The summed E-state index contributed by atoms with van der Waals surface area (Å²) in [6, 6.07) is 3.90. The summed E-state index contributed by atoms with van der Waals surface area (Å²) in [7, 11) is 0. The number of nitrogens with zero attached hydrogens (tertiary/aromatic N) is 4. The van der Waals surface area contributed by atoms with E-state index < -0.39 is 5.60 Å². The quantitative estimate of drug-likeness (QED) is 0.660. The van der Waals surface area contributed by atoms with Crippen LogP contribution in [0.2, 0.25) is 0 Å². The molecule has 31 heavy (non-hydrogen) atoms. The minimum absolute atomic E-state index is 0.0796. The summed E-state index contributed by atoms with van der Waals surface area (Å²) in [5.74, 6) is 0.466. The molecule has 0 saturated carbocycles. The van der Waals surface area contributed by atoms with Crippen molar-refractivity contribution in [1.82, 2.24) is 14.6 Å². The van der Waals surface area contributed by atoms with Crippen molar-refractivity contribution in [1.29, 1.82) is 0 Å². The number of aryl methyl sites for hydroxylation is 1. The van der Waals surface area contributed by atoms with Crippen LogP contribution in [0.15, 0.2) is 30.7 Å². The van der Waals surface area contributed by atoms with Gasteiger partial charge in [-0.1, -0.05) is 0 Å².